The van der Waals surface area contributed by atoms with E-state index in [1.807, 2.05) is 0 Å². The first kappa shape index (κ1) is 11.5. The molecule has 17 heavy (non-hydrogen) atoms. The fraction of sp³-hybridized carbons (Fsp3) is 0.100. The van der Waals surface area contributed by atoms with E-state index in [0.29, 0.717) is 5.13 Å². The molecule has 2 aromatic heterocycles. The van der Waals surface area contributed by atoms with Crippen molar-refractivity contribution in [1.82, 2.24) is 9.97 Å². The van der Waals surface area contributed by atoms with Gasteiger partial charge in [-0.3, -0.25) is 10.1 Å². The summed E-state index contributed by atoms with van der Waals surface area (Å²) in [7, 11) is 0. The second kappa shape index (κ2) is 4.46. The summed E-state index contributed by atoms with van der Waals surface area (Å²) in [5.41, 5.74) is 5.92. The first-order valence-electron chi connectivity index (χ1n) is 4.71. The Kier molecular flexibility index (Phi) is 3.01. The van der Waals surface area contributed by atoms with Gasteiger partial charge < -0.3 is 5.73 Å². The van der Waals surface area contributed by atoms with E-state index in [4.69, 9.17) is 5.73 Å². The van der Waals surface area contributed by atoms with Crippen LogP contribution in [0.4, 0.5) is 15.3 Å². The monoisotopic (exact) mass is 252 g/mol. The molecule has 0 fully saturated rings. The van der Waals surface area contributed by atoms with E-state index in [2.05, 4.69) is 15.3 Å². The Labute approximate surface area is 101 Å². The van der Waals surface area contributed by atoms with E-state index < -0.39 is 11.7 Å². The van der Waals surface area contributed by atoms with E-state index in [1.54, 1.807) is 12.3 Å². The zero-order valence-corrected chi connectivity index (χ0v) is 9.71. The number of carbonyl (C=O) groups is 1. The number of nitrogen functional groups attached to an aromatic ring is 1. The Bertz CT molecular complexity index is 569. The topological polar surface area (TPSA) is 80.9 Å². The summed E-state index contributed by atoms with van der Waals surface area (Å²) in [6, 6.07) is 1.27. The van der Waals surface area contributed by atoms with Crippen LogP contribution >= 0.6 is 11.3 Å². The van der Waals surface area contributed by atoms with Gasteiger partial charge in [0.15, 0.2) is 16.8 Å². The van der Waals surface area contributed by atoms with Crippen molar-refractivity contribution >= 4 is 28.2 Å². The molecule has 0 spiro atoms. The number of hydrogen-bond acceptors (Lipinski definition) is 5. The minimum Gasteiger partial charge on any atom is -0.381 e. The van der Waals surface area contributed by atoms with Gasteiger partial charge in [-0.05, 0) is 13.0 Å². The lowest BCUT2D eigenvalue weighted by Crippen LogP contribution is -2.15. The first-order chi connectivity index (χ1) is 8.08. The number of hydrogen-bond donors (Lipinski definition) is 2. The molecule has 0 bridgehead atoms. The predicted molar refractivity (Wildman–Crippen MR) is 63.4 cm³/mol. The average Bonchev–Trinajstić information content (AvgIpc) is 2.68. The lowest BCUT2D eigenvalue weighted by atomic mass is 10.2. The molecule has 88 valence electrons. The van der Waals surface area contributed by atoms with Crippen LogP contribution in [0.15, 0.2) is 17.6 Å². The molecular weight excluding hydrogens is 243 g/mol. The van der Waals surface area contributed by atoms with E-state index in [0.717, 1.165) is 5.69 Å². The number of anilines is 2. The minimum atomic E-state index is -0.821. The number of amides is 1. The standard InChI is InChI=1S/C10H9FN4OS/c1-5-4-17-10(14-5)15-9(16)6-2-3-13-8(12)7(6)11/h2-4H,1H3,(H2,12,13)(H,14,15,16). The molecular formula is C10H9FN4OS. The summed E-state index contributed by atoms with van der Waals surface area (Å²) in [4.78, 5) is 19.3. The smallest absolute Gasteiger partial charge is 0.260 e. The molecule has 0 saturated carbocycles. The molecule has 0 radical (unpaired) electrons. The molecule has 2 heterocycles. The molecule has 0 aliphatic rings. The highest BCUT2D eigenvalue weighted by Gasteiger charge is 2.15. The molecule has 0 aliphatic heterocycles. The summed E-state index contributed by atoms with van der Waals surface area (Å²) in [6.45, 7) is 1.80. The average molecular weight is 252 g/mol. The number of nitrogens with two attached hydrogens (primary N) is 1. The van der Waals surface area contributed by atoms with Crippen molar-refractivity contribution in [2.75, 3.05) is 11.1 Å². The van der Waals surface area contributed by atoms with Gasteiger partial charge in [0.25, 0.3) is 5.91 Å². The van der Waals surface area contributed by atoms with Crippen molar-refractivity contribution in [2.24, 2.45) is 0 Å². The zero-order chi connectivity index (χ0) is 12.4. The maximum Gasteiger partial charge on any atom is 0.260 e. The van der Waals surface area contributed by atoms with Crippen molar-refractivity contribution < 1.29 is 9.18 Å². The van der Waals surface area contributed by atoms with Crippen molar-refractivity contribution in [3.05, 3.63) is 34.7 Å². The van der Waals surface area contributed by atoms with Gasteiger partial charge in [0.2, 0.25) is 0 Å². The third-order valence-electron chi connectivity index (χ3n) is 2.00. The highest BCUT2D eigenvalue weighted by atomic mass is 32.1. The Morgan fingerprint density at radius 2 is 2.35 bits per heavy atom. The second-order valence-corrected chi connectivity index (χ2v) is 4.16. The third kappa shape index (κ3) is 2.39. The predicted octanol–water partition coefficient (Wildman–Crippen LogP) is 1.82. The van der Waals surface area contributed by atoms with Crippen molar-refractivity contribution in [3.8, 4) is 0 Å². The van der Waals surface area contributed by atoms with E-state index in [-0.39, 0.29) is 11.4 Å². The van der Waals surface area contributed by atoms with Gasteiger partial charge in [0.05, 0.1) is 11.3 Å². The van der Waals surface area contributed by atoms with Gasteiger partial charge in [-0.15, -0.1) is 11.3 Å². The van der Waals surface area contributed by atoms with Crippen molar-refractivity contribution in [2.45, 2.75) is 6.92 Å². The SMILES string of the molecule is Cc1csc(NC(=O)c2ccnc(N)c2F)n1. The zero-order valence-electron chi connectivity index (χ0n) is 8.90. The molecule has 7 heteroatoms. The quantitative estimate of drug-likeness (QED) is 0.854. The van der Waals surface area contributed by atoms with Gasteiger partial charge in [-0.25, -0.2) is 14.4 Å². The van der Waals surface area contributed by atoms with Crippen LogP contribution in [0, 0.1) is 12.7 Å². The number of thiazole rings is 1. The van der Waals surface area contributed by atoms with Crippen LogP contribution in [0.2, 0.25) is 0 Å². The van der Waals surface area contributed by atoms with Crippen LogP contribution in [0.5, 0.6) is 0 Å². The second-order valence-electron chi connectivity index (χ2n) is 3.31. The van der Waals surface area contributed by atoms with Crippen LogP contribution in [-0.2, 0) is 0 Å². The summed E-state index contributed by atoms with van der Waals surface area (Å²) < 4.78 is 13.5. The molecule has 0 aromatic carbocycles. The number of rotatable bonds is 2. The summed E-state index contributed by atoms with van der Waals surface area (Å²) >= 11 is 1.27. The molecule has 0 unspecified atom stereocenters. The Balaban J connectivity index is 2.23. The van der Waals surface area contributed by atoms with Gasteiger partial charge >= 0.3 is 0 Å². The normalized spacial score (nSPS) is 10.2. The van der Waals surface area contributed by atoms with E-state index in [9.17, 15) is 9.18 Å². The Morgan fingerprint density at radius 1 is 1.59 bits per heavy atom. The summed E-state index contributed by atoms with van der Waals surface area (Å²) in [5.74, 6) is -1.71. The number of pyridine rings is 1. The lowest BCUT2D eigenvalue weighted by molar-refractivity contribution is 0.102. The van der Waals surface area contributed by atoms with Crippen LogP contribution < -0.4 is 11.1 Å². The first-order valence-corrected chi connectivity index (χ1v) is 5.59. The Morgan fingerprint density at radius 3 is 3.00 bits per heavy atom. The molecule has 0 saturated heterocycles. The van der Waals surface area contributed by atoms with E-state index >= 15 is 0 Å². The fourth-order valence-corrected chi connectivity index (χ4v) is 1.89. The largest absolute Gasteiger partial charge is 0.381 e. The molecule has 0 aliphatic carbocycles. The van der Waals surface area contributed by atoms with Crippen molar-refractivity contribution in [3.63, 3.8) is 0 Å². The third-order valence-corrected chi connectivity index (χ3v) is 2.88. The van der Waals surface area contributed by atoms with Crippen molar-refractivity contribution in [1.29, 1.82) is 0 Å². The molecule has 3 N–H and O–H groups in total. The Hall–Kier alpha value is -2.02. The van der Waals surface area contributed by atoms with Crippen LogP contribution in [0.25, 0.3) is 0 Å². The number of carbonyl (C=O) groups excluding carboxylic acids is 1. The minimum absolute atomic E-state index is 0.148. The lowest BCUT2D eigenvalue weighted by Gasteiger charge is -2.03. The number of nitrogens with zero attached hydrogens (tertiary/aromatic N) is 2. The van der Waals surface area contributed by atoms with Gasteiger partial charge in [0, 0.05) is 11.6 Å². The van der Waals surface area contributed by atoms with E-state index in [1.165, 1.54) is 23.6 Å². The van der Waals surface area contributed by atoms with Crippen LogP contribution in [0.3, 0.4) is 0 Å². The number of aryl methyl sites for hydroxylation is 1. The molecule has 2 aromatic rings. The van der Waals surface area contributed by atoms with Gasteiger partial charge in [-0.2, -0.15) is 0 Å². The molecule has 0 atom stereocenters. The highest BCUT2D eigenvalue weighted by Crippen LogP contribution is 2.17. The summed E-state index contributed by atoms with van der Waals surface area (Å²) in [6.07, 6.45) is 1.28. The van der Waals surface area contributed by atoms with Gasteiger partial charge in [0.1, 0.15) is 0 Å². The number of aromatic nitrogens is 2. The maximum absolute atomic E-state index is 13.5. The maximum atomic E-state index is 13.5. The molecule has 5 nitrogen and oxygen atoms in total. The van der Waals surface area contributed by atoms with Gasteiger partial charge in [-0.1, -0.05) is 0 Å². The number of nitrogens with one attached hydrogen (secondary N) is 1. The van der Waals surface area contributed by atoms with Crippen LogP contribution in [-0.4, -0.2) is 15.9 Å². The van der Waals surface area contributed by atoms with Crippen LogP contribution in [0.1, 0.15) is 16.1 Å². The molecule has 2 rings (SSSR count). The highest BCUT2D eigenvalue weighted by molar-refractivity contribution is 7.13. The fourth-order valence-electron chi connectivity index (χ4n) is 1.21. The molecule has 1 amide bonds. The number of halogens is 1. The summed E-state index contributed by atoms with van der Waals surface area (Å²) in [5, 5.41) is 4.70.